The van der Waals surface area contributed by atoms with Crippen LogP contribution in [0, 0.1) is 0 Å². The molecule has 0 aliphatic carbocycles. The lowest BCUT2D eigenvalue weighted by Crippen LogP contribution is -2.12. The van der Waals surface area contributed by atoms with Gasteiger partial charge in [0, 0.05) is 23.6 Å². The van der Waals surface area contributed by atoms with Gasteiger partial charge in [0.15, 0.2) is 0 Å². The van der Waals surface area contributed by atoms with Crippen molar-refractivity contribution >= 4 is 21.4 Å². The number of anilines is 1. The number of imidazole rings is 1. The molecule has 2 heterocycles. The molecule has 2 aromatic heterocycles. The number of rotatable bonds is 6. The highest BCUT2D eigenvalue weighted by Crippen LogP contribution is 2.23. The number of fused-ring (bicyclic) bond motifs is 1. The van der Waals surface area contributed by atoms with Crippen molar-refractivity contribution in [1.82, 2.24) is 9.38 Å². The average molecular weight is 393 g/mol. The lowest BCUT2D eigenvalue weighted by atomic mass is 10.1. The first-order valence-electron chi connectivity index (χ1n) is 8.85. The maximum Gasteiger partial charge on any atom is 0.261 e. The lowest BCUT2D eigenvalue weighted by molar-refractivity contribution is 0.340. The van der Waals surface area contributed by atoms with Crippen molar-refractivity contribution in [1.29, 1.82) is 0 Å². The first-order chi connectivity index (χ1) is 13.5. The van der Waals surface area contributed by atoms with Gasteiger partial charge in [-0.1, -0.05) is 18.2 Å². The Bertz CT molecular complexity index is 1160. The molecule has 0 fully saturated rings. The second kappa shape index (κ2) is 7.36. The van der Waals surface area contributed by atoms with E-state index in [4.69, 9.17) is 4.74 Å². The van der Waals surface area contributed by atoms with Gasteiger partial charge in [-0.15, -0.1) is 0 Å². The Morgan fingerprint density at radius 2 is 1.75 bits per heavy atom. The van der Waals surface area contributed by atoms with Crippen molar-refractivity contribution in [2.75, 3.05) is 11.3 Å². The average Bonchev–Trinajstić information content (AvgIpc) is 3.13. The van der Waals surface area contributed by atoms with Crippen molar-refractivity contribution in [3.8, 4) is 17.0 Å². The summed E-state index contributed by atoms with van der Waals surface area (Å²) in [5, 5.41) is 0. The number of aromatic nitrogens is 2. The summed E-state index contributed by atoms with van der Waals surface area (Å²) in [6.45, 7) is 2.41. The summed E-state index contributed by atoms with van der Waals surface area (Å²) < 4.78 is 35.0. The molecule has 28 heavy (non-hydrogen) atoms. The Labute approximate surface area is 163 Å². The van der Waals surface area contributed by atoms with Crippen LogP contribution in [0.15, 0.2) is 84.0 Å². The third-order valence-corrected chi connectivity index (χ3v) is 5.64. The number of hydrogen-bond acceptors (Lipinski definition) is 4. The van der Waals surface area contributed by atoms with Gasteiger partial charge in [-0.2, -0.15) is 0 Å². The summed E-state index contributed by atoms with van der Waals surface area (Å²) >= 11 is 0. The van der Waals surface area contributed by atoms with Crippen LogP contribution in [0.25, 0.3) is 16.9 Å². The number of hydrogen-bond donors (Lipinski definition) is 1. The fourth-order valence-corrected chi connectivity index (χ4v) is 3.94. The van der Waals surface area contributed by atoms with Gasteiger partial charge in [-0.25, -0.2) is 13.4 Å². The Morgan fingerprint density at radius 1 is 1.00 bits per heavy atom. The van der Waals surface area contributed by atoms with Gasteiger partial charge < -0.3 is 9.14 Å². The Morgan fingerprint density at radius 3 is 2.43 bits per heavy atom. The molecule has 0 spiro atoms. The Balaban J connectivity index is 1.53. The van der Waals surface area contributed by atoms with E-state index in [2.05, 4.69) is 9.71 Å². The molecule has 6 nitrogen and oxygen atoms in total. The number of ether oxygens (including phenoxy) is 1. The minimum absolute atomic E-state index is 0.181. The van der Waals surface area contributed by atoms with Gasteiger partial charge in [0.25, 0.3) is 10.0 Å². The van der Waals surface area contributed by atoms with E-state index in [0.717, 1.165) is 16.9 Å². The second-order valence-electron chi connectivity index (χ2n) is 6.18. The summed E-state index contributed by atoms with van der Waals surface area (Å²) in [7, 11) is -3.67. The molecule has 2 aromatic carbocycles. The molecular weight excluding hydrogens is 374 g/mol. The van der Waals surface area contributed by atoms with Crippen LogP contribution in [0.2, 0.25) is 0 Å². The molecule has 0 radical (unpaired) electrons. The number of sulfonamides is 1. The first-order valence-corrected chi connectivity index (χ1v) is 10.3. The van der Waals surface area contributed by atoms with Gasteiger partial charge in [0.2, 0.25) is 0 Å². The third kappa shape index (κ3) is 3.70. The molecule has 0 aliphatic rings. The summed E-state index contributed by atoms with van der Waals surface area (Å²) in [5.74, 6) is 0.637. The van der Waals surface area contributed by atoms with Crippen LogP contribution in [-0.2, 0) is 10.0 Å². The van der Waals surface area contributed by atoms with Crippen LogP contribution in [0.3, 0.4) is 0 Å². The SMILES string of the molecule is CCOc1ccc(S(=O)(=O)Nc2ccc(-c3cn4ccccc4n3)cc2)cc1. The zero-order valence-electron chi connectivity index (χ0n) is 15.2. The summed E-state index contributed by atoms with van der Waals surface area (Å²) in [4.78, 5) is 4.75. The molecule has 4 rings (SSSR count). The van der Waals surface area contributed by atoms with Crippen molar-refractivity contribution in [2.24, 2.45) is 0 Å². The maximum atomic E-state index is 12.6. The van der Waals surface area contributed by atoms with Crippen molar-refractivity contribution < 1.29 is 13.2 Å². The van der Waals surface area contributed by atoms with Crippen LogP contribution < -0.4 is 9.46 Å². The molecule has 4 aromatic rings. The van der Waals surface area contributed by atoms with E-state index in [-0.39, 0.29) is 4.90 Å². The van der Waals surface area contributed by atoms with Crippen molar-refractivity contribution in [2.45, 2.75) is 11.8 Å². The summed E-state index contributed by atoms with van der Waals surface area (Å²) in [6.07, 6.45) is 3.87. The molecule has 0 atom stereocenters. The molecule has 7 heteroatoms. The summed E-state index contributed by atoms with van der Waals surface area (Å²) in [5.41, 5.74) is 3.08. The van der Waals surface area contributed by atoms with Gasteiger partial charge >= 0.3 is 0 Å². The van der Waals surface area contributed by atoms with Gasteiger partial charge in [-0.05, 0) is 55.5 Å². The lowest BCUT2D eigenvalue weighted by Gasteiger charge is -2.09. The maximum absolute atomic E-state index is 12.6. The van der Waals surface area contributed by atoms with E-state index >= 15 is 0 Å². The molecule has 0 bridgehead atoms. The fraction of sp³-hybridized carbons (Fsp3) is 0.0952. The summed E-state index contributed by atoms with van der Waals surface area (Å²) in [6, 6.07) is 19.3. The van der Waals surface area contributed by atoms with Crippen LogP contribution >= 0.6 is 0 Å². The fourth-order valence-electron chi connectivity index (χ4n) is 2.88. The van der Waals surface area contributed by atoms with Gasteiger partial charge in [0.05, 0.1) is 17.2 Å². The molecule has 142 valence electrons. The molecule has 0 aliphatic heterocycles. The normalized spacial score (nSPS) is 11.5. The van der Waals surface area contributed by atoms with Crippen molar-refractivity contribution in [3.05, 3.63) is 79.1 Å². The molecule has 0 saturated heterocycles. The Hall–Kier alpha value is -3.32. The zero-order chi connectivity index (χ0) is 19.6. The van der Waals surface area contributed by atoms with E-state index in [1.54, 1.807) is 24.3 Å². The Kier molecular flexibility index (Phi) is 4.75. The number of benzene rings is 2. The van der Waals surface area contributed by atoms with E-state index in [1.165, 1.54) is 12.1 Å². The highest BCUT2D eigenvalue weighted by atomic mass is 32.2. The van der Waals surface area contributed by atoms with Crippen LogP contribution in [0.4, 0.5) is 5.69 Å². The molecule has 1 N–H and O–H groups in total. The van der Waals surface area contributed by atoms with E-state index in [9.17, 15) is 8.42 Å². The largest absolute Gasteiger partial charge is 0.494 e. The topological polar surface area (TPSA) is 72.7 Å². The molecule has 0 unspecified atom stereocenters. The minimum Gasteiger partial charge on any atom is -0.494 e. The van der Waals surface area contributed by atoms with Crippen LogP contribution in [0.5, 0.6) is 5.75 Å². The highest BCUT2D eigenvalue weighted by molar-refractivity contribution is 7.92. The molecular formula is C21H19N3O3S. The van der Waals surface area contributed by atoms with Crippen molar-refractivity contribution in [3.63, 3.8) is 0 Å². The van der Waals surface area contributed by atoms with Crippen LogP contribution in [0.1, 0.15) is 6.92 Å². The predicted molar refractivity (Wildman–Crippen MR) is 109 cm³/mol. The minimum atomic E-state index is -3.67. The molecule has 0 amide bonds. The number of pyridine rings is 1. The smallest absolute Gasteiger partial charge is 0.261 e. The third-order valence-electron chi connectivity index (χ3n) is 4.24. The molecule has 0 saturated carbocycles. The first kappa shape index (κ1) is 18.1. The van der Waals surface area contributed by atoms with E-state index < -0.39 is 10.0 Å². The van der Waals surface area contributed by atoms with E-state index in [1.807, 2.05) is 54.0 Å². The number of nitrogens with zero attached hydrogens (tertiary/aromatic N) is 2. The second-order valence-corrected chi connectivity index (χ2v) is 7.86. The van der Waals surface area contributed by atoms with Gasteiger partial charge in [-0.3, -0.25) is 4.72 Å². The van der Waals surface area contributed by atoms with E-state index in [0.29, 0.717) is 18.0 Å². The highest BCUT2D eigenvalue weighted by Gasteiger charge is 2.14. The van der Waals surface area contributed by atoms with Crippen LogP contribution in [-0.4, -0.2) is 24.4 Å². The monoisotopic (exact) mass is 393 g/mol. The van der Waals surface area contributed by atoms with Gasteiger partial charge in [0.1, 0.15) is 11.4 Å². The predicted octanol–water partition coefficient (Wildman–Crippen LogP) is 4.20. The standard InChI is InChI=1S/C21H19N3O3S/c1-2-27-18-10-12-19(13-11-18)28(25,26)23-17-8-6-16(7-9-17)20-15-24-14-4-3-5-21(24)22-20/h3-15,23H,2H2,1H3. The quantitative estimate of drug-likeness (QED) is 0.533. The zero-order valence-corrected chi connectivity index (χ0v) is 16.1. The number of nitrogens with one attached hydrogen (secondary N) is 1.